The Morgan fingerprint density at radius 2 is 0.923 bits per heavy atom. The van der Waals surface area contributed by atoms with Crippen molar-refractivity contribution in [2.24, 2.45) is 0 Å². The highest BCUT2D eigenvalue weighted by atomic mass is 16.6. The van der Waals surface area contributed by atoms with Crippen LogP contribution in [0.1, 0.15) is 0 Å². The SMILES string of the molecule is O=[N+]([O-])c1ccc(Oc2ccccc2Oc2ccc([N+](=O)[O-])cc2)cc1. The molecule has 0 heterocycles. The zero-order valence-electron chi connectivity index (χ0n) is 13.3. The first-order valence-corrected chi connectivity index (χ1v) is 7.46. The molecule has 3 aromatic rings. The lowest BCUT2D eigenvalue weighted by Crippen LogP contribution is -1.92. The molecular weight excluding hydrogens is 340 g/mol. The minimum Gasteiger partial charge on any atom is -0.453 e. The molecule has 0 spiro atoms. The third kappa shape index (κ3) is 3.93. The van der Waals surface area contributed by atoms with E-state index in [1.54, 1.807) is 24.3 Å². The van der Waals surface area contributed by atoms with Crippen molar-refractivity contribution < 1.29 is 19.3 Å². The monoisotopic (exact) mass is 352 g/mol. The molecule has 8 heteroatoms. The van der Waals surface area contributed by atoms with Crippen LogP contribution in [0.5, 0.6) is 23.0 Å². The van der Waals surface area contributed by atoms with E-state index in [-0.39, 0.29) is 11.4 Å². The summed E-state index contributed by atoms with van der Waals surface area (Å²) in [4.78, 5) is 20.4. The van der Waals surface area contributed by atoms with Crippen LogP contribution in [0.25, 0.3) is 0 Å². The predicted octanol–water partition coefficient (Wildman–Crippen LogP) is 5.09. The fraction of sp³-hybridized carbons (Fsp3) is 0. The summed E-state index contributed by atoms with van der Waals surface area (Å²) in [5, 5.41) is 21.4. The average molecular weight is 352 g/mol. The minimum absolute atomic E-state index is 0.0345. The molecule has 0 aliphatic rings. The Hall–Kier alpha value is -3.94. The molecule has 0 aliphatic heterocycles. The van der Waals surface area contributed by atoms with Crippen LogP contribution in [0, 0.1) is 20.2 Å². The number of nitro benzene ring substituents is 2. The number of non-ortho nitro benzene ring substituents is 2. The molecular formula is C18H12N2O6. The Balaban J connectivity index is 1.79. The number of nitro groups is 2. The molecule has 8 nitrogen and oxygen atoms in total. The Labute approximate surface area is 147 Å². The van der Waals surface area contributed by atoms with E-state index in [9.17, 15) is 20.2 Å². The van der Waals surface area contributed by atoms with Crippen LogP contribution < -0.4 is 9.47 Å². The second kappa shape index (κ2) is 7.31. The van der Waals surface area contributed by atoms with Crippen LogP contribution in [0.4, 0.5) is 11.4 Å². The molecule has 3 rings (SSSR count). The van der Waals surface area contributed by atoms with Crippen molar-refractivity contribution in [3.63, 3.8) is 0 Å². The largest absolute Gasteiger partial charge is 0.453 e. The number of hydrogen-bond acceptors (Lipinski definition) is 6. The number of ether oxygens (including phenoxy) is 2. The molecule has 0 aromatic heterocycles. The molecule has 3 aromatic carbocycles. The Morgan fingerprint density at radius 3 is 1.23 bits per heavy atom. The smallest absolute Gasteiger partial charge is 0.269 e. The summed E-state index contributed by atoms with van der Waals surface area (Å²) in [6, 6.07) is 18.2. The maximum atomic E-state index is 10.7. The summed E-state index contributed by atoms with van der Waals surface area (Å²) in [6.07, 6.45) is 0. The van der Waals surface area contributed by atoms with E-state index in [0.29, 0.717) is 23.0 Å². The van der Waals surface area contributed by atoms with Crippen molar-refractivity contribution in [3.05, 3.63) is 93.0 Å². The van der Waals surface area contributed by atoms with E-state index in [1.807, 2.05) is 0 Å². The van der Waals surface area contributed by atoms with E-state index < -0.39 is 9.85 Å². The number of nitrogens with zero attached hydrogens (tertiary/aromatic N) is 2. The lowest BCUT2D eigenvalue weighted by Gasteiger charge is -2.12. The summed E-state index contributed by atoms with van der Waals surface area (Å²) in [5.74, 6) is 1.63. The molecule has 0 bridgehead atoms. The summed E-state index contributed by atoms with van der Waals surface area (Å²) in [7, 11) is 0. The van der Waals surface area contributed by atoms with Gasteiger partial charge >= 0.3 is 0 Å². The van der Waals surface area contributed by atoms with Gasteiger partial charge in [-0.05, 0) is 36.4 Å². The number of hydrogen-bond donors (Lipinski definition) is 0. The van der Waals surface area contributed by atoms with Gasteiger partial charge in [0.25, 0.3) is 11.4 Å². The topological polar surface area (TPSA) is 105 Å². The number of rotatable bonds is 6. The molecule has 0 amide bonds. The Kier molecular flexibility index (Phi) is 4.75. The third-order valence-electron chi connectivity index (χ3n) is 3.40. The molecule has 130 valence electrons. The highest BCUT2D eigenvalue weighted by molar-refractivity contribution is 5.47. The van der Waals surface area contributed by atoms with Crippen molar-refractivity contribution in [1.29, 1.82) is 0 Å². The Bertz CT molecular complexity index is 860. The zero-order valence-corrected chi connectivity index (χ0v) is 13.3. The van der Waals surface area contributed by atoms with Crippen LogP contribution >= 0.6 is 0 Å². The molecule has 0 aliphatic carbocycles. The van der Waals surface area contributed by atoms with Gasteiger partial charge in [0.1, 0.15) is 11.5 Å². The van der Waals surface area contributed by atoms with Gasteiger partial charge < -0.3 is 9.47 Å². The molecule has 0 fully saturated rings. The second-order valence-corrected chi connectivity index (χ2v) is 5.15. The highest BCUT2D eigenvalue weighted by Crippen LogP contribution is 2.35. The maximum Gasteiger partial charge on any atom is 0.269 e. The van der Waals surface area contributed by atoms with Crippen molar-refractivity contribution in [1.82, 2.24) is 0 Å². The van der Waals surface area contributed by atoms with E-state index in [1.165, 1.54) is 48.5 Å². The zero-order chi connectivity index (χ0) is 18.5. The minimum atomic E-state index is -0.491. The van der Waals surface area contributed by atoms with Crippen molar-refractivity contribution in [3.8, 4) is 23.0 Å². The van der Waals surface area contributed by atoms with Gasteiger partial charge in [0.2, 0.25) is 0 Å². The van der Waals surface area contributed by atoms with Crippen LogP contribution in [-0.4, -0.2) is 9.85 Å². The normalized spacial score (nSPS) is 10.2. The molecule has 0 atom stereocenters. The fourth-order valence-corrected chi connectivity index (χ4v) is 2.14. The van der Waals surface area contributed by atoms with Crippen molar-refractivity contribution >= 4 is 11.4 Å². The number of benzene rings is 3. The summed E-state index contributed by atoms with van der Waals surface area (Å²) >= 11 is 0. The van der Waals surface area contributed by atoms with Gasteiger partial charge in [-0.15, -0.1) is 0 Å². The summed E-state index contributed by atoms with van der Waals surface area (Å²) in [6.45, 7) is 0. The van der Waals surface area contributed by atoms with Gasteiger partial charge in [0.15, 0.2) is 11.5 Å². The summed E-state index contributed by atoms with van der Waals surface area (Å²) < 4.78 is 11.4. The molecule has 26 heavy (non-hydrogen) atoms. The van der Waals surface area contributed by atoms with Crippen molar-refractivity contribution in [2.75, 3.05) is 0 Å². The Morgan fingerprint density at radius 1 is 0.577 bits per heavy atom. The number of para-hydroxylation sites is 2. The van der Waals surface area contributed by atoms with Gasteiger partial charge in [-0.3, -0.25) is 20.2 Å². The van der Waals surface area contributed by atoms with Crippen LogP contribution in [0.15, 0.2) is 72.8 Å². The molecule has 0 unspecified atom stereocenters. The van der Waals surface area contributed by atoms with Crippen molar-refractivity contribution in [2.45, 2.75) is 0 Å². The highest BCUT2D eigenvalue weighted by Gasteiger charge is 2.10. The standard InChI is InChI=1S/C18H12N2O6/c21-19(22)13-5-9-15(10-6-13)25-17-3-1-2-4-18(17)26-16-11-7-14(8-12-16)20(23)24/h1-12H. The predicted molar refractivity (Wildman–Crippen MR) is 92.8 cm³/mol. The summed E-state index contributed by atoms with van der Waals surface area (Å²) in [5.41, 5.74) is -0.0690. The third-order valence-corrected chi connectivity index (χ3v) is 3.40. The van der Waals surface area contributed by atoms with Gasteiger partial charge in [-0.25, -0.2) is 0 Å². The van der Waals surface area contributed by atoms with Gasteiger partial charge in [-0.1, -0.05) is 12.1 Å². The average Bonchev–Trinajstić information content (AvgIpc) is 2.64. The first-order chi connectivity index (χ1) is 12.5. The van der Waals surface area contributed by atoms with E-state index in [0.717, 1.165) is 0 Å². The quantitative estimate of drug-likeness (QED) is 0.452. The first-order valence-electron chi connectivity index (χ1n) is 7.46. The molecule has 0 N–H and O–H groups in total. The lowest BCUT2D eigenvalue weighted by atomic mass is 10.3. The van der Waals surface area contributed by atoms with Gasteiger partial charge in [0, 0.05) is 24.3 Å². The van der Waals surface area contributed by atoms with Crippen LogP contribution in [0.3, 0.4) is 0 Å². The molecule has 0 radical (unpaired) electrons. The molecule has 0 saturated carbocycles. The first kappa shape index (κ1) is 16.9. The molecule has 0 saturated heterocycles. The van der Waals surface area contributed by atoms with Crippen LogP contribution in [-0.2, 0) is 0 Å². The second-order valence-electron chi connectivity index (χ2n) is 5.15. The van der Waals surface area contributed by atoms with Gasteiger partial charge in [-0.2, -0.15) is 0 Å². The van der Waals surface area contributed by atoms with E-state index in [4.69, 9.17) is 9.47 Å². The maximum absolute atomic E-state index is 10.7. The van der Waals surface area contributed by atoms with Crippen LogP contribution in [0.2, 0.25) is 0 Å². The lowest BCUT2D eigenvalue weighted by molar-refractivity contribution is -0.385. The fourth-order valence-electron chi connectivity index (χ4n) is 2.14. The van der Waals surface area contributed by atoms with Gasteiger partial charge in [0.05, 0.1) is 9.85 Å². The van der Waals surface area contributed by atoms with E-state index in [2.05, 4.69) is 0 Å². The van der Waals surface area contributed by atoms with E-state index >= 15 is 0 Å².